The highest BCUT2D eigenvalue weighted by Crippen LogP contribution is 2.23. The zero-order valence-corrected chi connectivity index (χ0v) is 16.9. The van der Waals surface area contributed by atoms with Crippen molar-refractivity contribution in [2.24, 2.45) is 0 Å². The Morgan fingerprint density at radius 2 is 1.93 bits per heavy atom. The molecule has 1 aromatic carbocycles. The molecule has 3 aromatic heterocycles. The lowest BCUT2D eigenvalue weighted by Crippen LogP contribution is -2.17. The Kier molecular flexibility index (Phi) is 4.92. The van der Waals surface area contributed by atoms with Crippen molar-refractivity contribution in [3.05, 3.63) is 64.3 Å². The van der Waals surface area contributed by atoms with Crippen LogP contribution in [0.5, 0.6) is 0 Å². The van der Waals surface area contributed by atoms with Crippen molar-refractivity contribution in [3.8, 4) is 10.7 Å². The Hall–Kier alpha value is -3.06. The predicted molar refractivity (Wildman–Crippen MR) is 112 cm³/mol. The third-order valence-corrected chi connectivity index (χ3v) is 5.64. The minimum Gasteiger partial charge on any atom is -0.326 e. The van der Waals surface area contributed by atoms with Crippen molar-refractivity contribution >= 4 is 28.7 Å². The van der Waals surface area contributed by atoms with E-state index in [1.807, 2.05) is 55.6 Å². The van der Waals surface area contributed by atoms with Crippen molar-refractivity contribution in [2.45, 2.75) is 33.6 Å². The van der Waals surface area contributed by atoms with Crippen molar-refractivity contribution in [2.75, 3.05) is 5.32 Å². The monoisotopic (exact) mass is 391 g/mol. The highest BCUT2D eigenvalue weighted by Gasteiger charge is 2.17. The lowest BCUT2D eigenvalue weighted by molar-refractivity contribution is -0.115. The fraction of sp³-hybridized carbons (Fsp3) is 0.238. The van der Waals surface area contributed by atoms with Crippen LogP contribution in [0.25, 0.3) is 16.5 Å². The maximum Gasteiger partial charge on any atom is 0.253 e. The van der Waals surface area contributed by atoms with Crippen LogP contribution < -0.4 is 5.32 Å². The van der Waals surface area contributed by atoms with E-state index >= 15 is 0 Å². The quantitative estimate of drug-likeness (QED) is 0.553. The van der Waals surface area contributed by atoms with Crippen LogP contribution in [0.3, 0.4) is 0 Å². The van der Waals surface area contributed by atoms with Gasteiger partial charge >= 0.3 is 0 Å². The van der Waals surface area contributed by atoms with E-state index in [2.05, 4.69) is 27.3 Å². The first-order valence-electron chi connectivity index (χ1n) is 9.20. The van der Waals surface area contributed by atoms with Gasteiger partial charge in [0, 0.05) is 22.6 Å². The number of hydrogen-bond donors (Lipinski definition) is 1. The number of hydrogen-bond acceptors (Lipinski definition) is 5. The highest BCUT2D eigenvalue weighted by atomic mass is 32.1. The number of benzene rings is 1. The summed E-state index contributed by atoms with van der Waals surface area (Å²) in [4.78, 5) is 22.7. The van der Waals surface area contributed by atoms with Gasteiger partial charge in [-0.25, -0.2) is 9.50 Å². The third kappa shape index (κ3) is 3.53. The number of carbonyl (C=O) groups excluding carboxylic acids is 1. The summed E-state index contributed by atoms with van der Waals surface area (Å²) < 4.78 is 1.72. The minimum absolute atomic E-state index is 0.0739. The molecule has 0 aliphatic heterocycles. The third-order valence-electron chi connectivity index (χ3n) is 4.77. The van der Waals surface area contributed by atoms with Gasteiger partial charge in [-0.3, -0.25) is 4.79 Å². The van der Waals surface area contributed by atoms with Crippen LogP contribution in [0.4, 0.5) is 5.69 Å². The SMILES string of the molecule is CCc1ccc(NC(=O)Cc2c(C)nc3nc(-c4cccs4)nn3c2C)cc1. The van der Waals surface area contributed by atoms with E-state index in [9.17, 15) is 4.79 Å². The molecule has 0 saturated heterocycles. The fourth-order valence-corrected chi connectivity index (χ4v) is 3.82. The molecule has 142 valence electrons. The first kappa shape index (κ1) is 18.3. The summed E-state index contributed by atoms with van der Waals surface area (Å²) in [5, 5.41) is 9.55. The second-order valence-electron chi connectivity index (χ2n) is 6.66. The molecule has 0 unspecified atom stereocenters. The van der Waals surface area contributed by atoms with E-state index in [-0.39, 0.29) is 12.3 Å². The van der Waals surface area contributed by atoms with E-state index in [0.29, 0.717) is 11.6 Å². The molecule has 1 N–H and O–H groups in total. The number of nitrogens with zero attached hydrogens (tertiary/aromatic N) is 4. The summed E-state index contributed by atoms with van der Waals surface area (Å²) in [5.74, 6) is 1.13. The number of fused-ring (bicyclic) bond motifs is 1. The number of anilines is 1. The van der Waals surface area contributed by atoms with Crippen molar-refractivity contribution < 1.29 is 4.79 Å². The number of carbonyl (C=O) groups is 1. The van der Waals surface area contributed by atoms with Crippen molar-refractivity contribution in [1.82, 2.24) is 19.6 Å². The molecule has 0 bridgehead atoms. The smallest absolute Gasteiger partial charge is 0.253 e. The van der Waals surface area contributed by atoms with Crippen LogP contribution in [0.2, 0.25) is 0 Å². The average Bonchev–Trinajstić information content (AvgIpc) is 3.35. The number of nitrogens with one attached hydrogen (secondary N) is 1. The van der Waals surface area contributed by atoms with Gasteiger partial charge in [0.25, 0.3) is 5.78 Å². The first-order chi connectivity index (χ1) is 13.5. The van der Waals surface area contributed by atoms with Gasteiger partial charge in [-0.05, 0) is 49.4 Å². The van der Waals surface area contributed by atoms with Gasteiger partial charge in [-0.1, -0.05) is 25.1 Å². The van der Waals surface area contributed by atoms with Gasteiger partial charge in [-0.15, -0.1) is 16.4 Å². The minimum atomic E-state index is -0.0739. The normalized spacial score (nSPS) is 11.1. The van der Waals surface area contributed by atoms with Gasteiger partial charge in [0.05, 0.1) is 11.3 Å². The molecule has 0 saturated carbocycles. The van der Waals surface area contributed by atoms with E-state index in [0.717, 1.165) is 33.9 Å². The van der Waals surface area contributed by atoms with Gasteiger partial charge in [0.2, 0.25) is 5.91 Å². The van der Waals surface area contributed by atoms with Crippen LogP contribution in [0.15, 0.2) is 41.8 Å². The molecule has 0 radical (unpaired) electrons. The van der Waals surface area contributed by atoms with E-state index in [1.54, 1.807) is 15.9 Å². The lowest BCUT2D eigenvalue weighted by Gasteiger charge is -2.11. The second-order valence-corrected chi connectivity index (χ2v) is 7.61. The largest absolute Gasteiger partial charge is 0.326 e. The topological polar surface area (TPSA) is 72.2 Å². The van der Waals surface area contributed by atoms with Gasteiger partial charge in [0.1, 0.15) is 0 Å². The Morgan fingerprint density at radius 1 is 1.14 bits per heavy atom. The predicted octanol–water partition coefficient (Wildman–Crippen LogP) is 4.21. The summed E-state index contributed by atoms with van der Waals surface area (Å²) in [6.45, 7) is 5.97. The molecule has 4 aromatic rings. The zero-order chi connectivity index (χ0) is 19.7. The summed E-state index contributed by atoms with van der Waals surface area (Å²) in [6.07, 6.45) is 1.22. The summed E-state index contributed by atoms with van der Waals surface area (Å²) in [7, 11) is 0. The molecule has 0 aliphatic carbocycles. The Balaban J connectivity index is 1.59. The van der Waals surface area contributed by atoms with Gasteiger partial charge < -0.3 is 5.32 Å². The standard InChI is InChI=1S/C21H21N5OS/c1-4-15-7-9-16(10-8-15)23-19(27)12-17-13(2)22-21-24-20(18-6-5-11-28-18)25-26(21)14(17)3/h5-11H,4,12H2,1-3H3,(H,23,27). The molecule has 0 aliphatic rings. The maximum atomic E-state index is 12.6. The Labute approximate surface area is 167 Å². The zero-order valence-electron chi connectivity index (χ0n) is 16.1. The van der Waals surface area contributed by atoms with Crippen LogP contribution in [-0.2, 0) is 17.6 Å². The molecule has 7 heteroatoms. The van der Waals surface area contributed by atoms with Gasteiger partial charge in [0.15, 0.2) is 5.82 Å². The summed E-state index contributed by atoms with van der Waals surface area (Å²) in [5.41, 5.74) is 4.60. The molecule has 4 rings (SSSR count). The fourth-order valence-electron chi connectivity index (χ4n) is 3.16. The highest BCUT2D eigenvalue weighted by molar-refractivity contribution is 7.13. The number of rotatable bonds is 5. The molecule has 28 heavy (non-hydrogen) atoms. The maximum absolute atomic E-state index is 12.6. The van der Waals surface area contributed by atoms with Gasteiger partial charge in [-0.2, -0.15) is 4.98 Å². The van der Waals surface area contributed by atoms with Crippen LogP contribution in [0.1, 0.15) is 29.4 Å². The molecular weight excluding hydrogens is 370 g/mol. The number of aromatic nitrogens is 4. The molecular formula is C21H21N5OS. The van der Waals surface area contributed by atoms with Crippen LogP contribution in [0, 0.1) is 13.8 Å². The molecule has 3 heterocycles. The molecule has 1 amide bonds. The van der Waals surface area contributed by atoms with Crippen molar-refractivity contribution in [1.29, 1.82) is 0 Å². The molecule has 0 spiro atoms. The molecule has 0 fully saturated rings. The average molecular weight is 392 g/mol. The van der Waals surface area contributed by atoms with Crippen LogP contribution in [-0.4, -0.2) is 25.5 Å². The van der Waals surface area contributed by atoms with Crippen LogP contribution >= 0.6 is 11.3 Å². The molecule has 6 nitrogen and oxygen atoms in total. The number of thiophene rings is 1. The van der Waals surface area contributed by atoms with E-state index < -0.39 is 0 Å². The van der Waals surface area contributed by atoms with E-state index in [1.165, 1.54) is 5.56 Å². The number of aryl methyl sites for hydroxylation is 3. The van der Waals surface area contributed by atoms with Crippen molar-refractivity contribution in [3.63, 3.8) is 0 Å². The number of amides is 1. The molecule has 0 atom stereocenters. The lowest BCUT2D eigenvalue weighted by atomic mass is 10.1. The second kappa shape index (κ2) is 7.52. The Bertz CT molecular complexity index is 1130. The van der Waals surface area contributed by atoms with E-state index in [4.69, 9.17) is 0 Å². The Morgan fingerprint density at radius 3 is 2.61 bits per heavy atom. The summed E-state index contributed by atoms with van der Waals surface area (Å²) in [6, 6.07) is 11.9. The first-order valence-corrected chi connectivity index (χ1v) is 10.1. The summed E-state index contributed by atoms with van der Waals surface area (Å²) >= 11 is 1.59.